The summed E-state index contributed by atoms with van der Waals surface area (Å²) in [5.74, 6) is -0.677. The molecule has 2 N–H and O–H groups in total. The molecule has 5 nitrogen and oxygen atoms in total. The molecule has 0 aliphatic carbocycles. The van der Waals surface area contributed by atoms with Gasteiger partial charge in [-0.25, -0.2) is 4.79 Å². The number of hydrogen-bond acceptors (Lipinski definition) is 5. The maximum absolute atomic E-state index is 12.1. The third-order valence-electron chi connectivity index (χ3n) is 3.98. The third kappa shape index (κ3) is 2.88. The minimum absolute atomic E-state index is 0.0455. The fourth-order valence-corrected chi connectivity index (χ4v) is 2.53. The van der Waals surface area contributed by atoms with Gasteiger partial charge in [-0.1, -0.05) is 13.8 Å². The molecule has 0 aliphatic rings. The lowest BCUT2D eigenvalue weighted by Gasteiger charge is -2.18. The van der Waals surface area contributed by atoms with Gasteiger partial charge < -0.3 is 19.5 Å². The van der Waals surface area contributed by atoms with Crippen LogP contribution in [0, 0.1) is 6.92 Å². The predicted octanol–water partition coefficient (Wildman–Crippen LogP) is 2.40. The quantitative estimate of drug-likeness (QED) is 0.653. The molecule has 2 aromatic rings. The topological polar surface area (TPSA) is 73.9 Å². The molecule has 0 saturated carbocycles. The van der Waals surface area contributed by atoms with Crippen LogP contribution < -0.4 is 5.63 Å². The number of phenols is 2. The SMILES string of the molecule is CCN(CC)CCc1c(C)c2ccc(O)c(O)c2oc1=O. The molecule has 0 atom stereocenters. The number of likely N-dealkylation sites (N-methyl/N-ethyl adjacent to an activating group) is 1. The van der Waals surface area contributed by atoms with Crippen LogP contribution in [0.25, 0.3) is 11.0 Å². The molecule has 0 aliphatic heterocycles. The lowest BCUT2D eigenvalue weighted by molar-refractivity contribution is 0.306. The van der Waals surface area contributed by atoms with Gasteiger partial charge in [-0.05, 0) is 44.1 Å². The van der Waals surface area contributed by atoms with Crippen LogP contribution in [0.5, 0.6) is 11.5 Å². The van der Waals surface area contributed by atoms with Crippen molar-refractivity contribution >= 4 is 11.0 Å². The summed E-state index contributed by atoms with van der Waals surface area (Å²) in [6.45, 7) is 8.66. The van der Waals surface area contributed by atoms with Gasteiger partial charge in [0.25, 0.3) is 0 Å². The van der Waals surface area contributed by atoms with Gasteiger partial charge in [0.1, 0.15) is 0 Å². The molecule has 0 saturated heterocycles. The van der Waals surface area contributed by atoms with E-state index >= 15 is 0 Å². The van der Waals surface area contributed by atoms with Crippen molar-refractivity contribution in [2.45, 2.75) is 27.2 Å². The van der Waals surface area contributed by atoms with Gasteiger partial charge in [0.05, 0.1) is 0 Å². The summed E-state index contributed by atoms with van der Waals surface area (Å²) in [4.78, 5) is 14.4. The van der Waals surface area contributed by atoms with Gasteiger partial charge in [0.15, 0.2) is 11.3 Å². The minimum Gasteiger partial charge on any atom is -0.504 e. The molecule has 0 radical (unpaired) electrons. The summed E-state index contributed by atoms with van der Waals surface area (Å²) >= 11 is 0. The molecule has 1 aromatic carbocycles. The number of nitrogens with zero attached hydrogens (tertiary/aromatic N) is 1. The molecule has 0 bridgehead atoms. The molecule has 114 valence electrons. The third-order valence-corrected chi connectivity index (χ3v) is 3.98. The first-order valence-corrected chi connectivity index (χ1v) is 7.19. The lowest BCUT2D eigenvalue weighted by Crippen LogP contribution is -2.27. The number of hydrogen-bond donors (Lipinski definition) is 2. The number of benzene rings is 1. The van der Waals surface area contributed by atoms with E-state index in [2.05, 4.69) is 18.7 Å². The molecule has 1 heterocycles. The maximum atomic E-state index is 12.1. The summed E-state index contributed by atoms with van der Waals surface area (Å²) in [6, 6.07) is 3.06. The van der Waals surface area contributed by atoms with Crippen molar-refractivity contribution in [3.63, 3.8) is 0 Å². The first-order chi connectivity index (χ1) is 9.99. The van der Waals surface area contributed by atoms with Crippen LogP contribution in [0.1, 0.15) is 25.0 Å². The second-order valence-corrected chi connectivity index (χ2v) is 5.08. The van der Waals surface area contributed by atoms with Crippen molar-refractivity contribution in [3.8, 4) is 11.5 Å². The van der Waals surface area contributed by atoms with Crippen molar-refractivity contribution in [2.75, 3.05) is 19.6 Å². The van der Waals surface area contributed by atoms with Crippen LogP contribution in [0.3, 0.4) is 0 Å². The van der Waals surface area contributed by atoms with Gasteiger partial charge in [-0.2, -0.15) is 0 Å². The Morgan fingerprint density at radius 3 is 2.48 bits per heavy atom. The standard InChI is InChI=1S/C16H21NO4/c1-4-17(5-2)9-8-12-10(3)11-6-7-13(18)14(19)15(11)21-16(12)20/h6-7,18-19H,4-5,8-9H2,1-3H3. The zero-order valence-corrected chi connectivity index (χ0v) is 12.6. The number of aryl methyl sites for hydroxylation is 1. The molecule has 5 heteroatoms. The predicted molar refractivity (Wildman–Crippen MR) is 82.0 cm³/mol. The Morgan fingerprint density at radius 2 is 1.86 bits per heavy atom. The highest BCUT2D eigenvalue weighted by Gasteiger charge is 2.16. The van der Waals surface area contributed by atoms with E-state index < -0.39 is 5.63 Å². The number of fused-ring (bicyclic) bond motifs is 1. The van der Waals surface area contributed by atoms with Gasteiger partial charge in [0.2, 0.25) is 5.75 Å². The number of phenolic OH excluding ortho intramolecular Hbond substituents is 2. The summed E-state index contributed by atoms with van der Waals surface area (Å²) in [6.07, 6.45) is 0.605. The lowest BCUT2D eigenvalue weighted by atomic mass is 10.0. The van der Waals surface area contributed by atoms with Gasteiger partial charge in [0, 0.05) is 17.5 Å². The van der Waals surface area contributed by atoms with Gasteiger partial charge in [-0.3, -0.25) is 0 Å². The monoisotopic (exact) mass is 291 g/mol. The summed E-state index contributed by atoms with van der Waals surface area (Å²) < 4.78 is 5.20. The summed E-state index contributed by atoms with van der Waals surface area (Å²) in [5, 5.41) is 19.9. The molecule has 0 amide bonds. The van der Waals surface area contributed by atoms with Crippen molar-refractivity contribution in [1.29, 1.82) is 0 Å². The van der Waals surface area contributed by atoms with Crippen LogP contribution in [-0.2, 0) is 6.42 Å². The first-order valence-electron chi connectivity index (χ1n) is 7.19. The average Bonchev–Trinajstić information content (AvgIpc) is 2.47. The van der Waals surface area contributed by atoms with Crippen molar-refractivity contribution in [1.82, 2.24) is 4.90 Å². The summed E-state index contributed by atoms with van der Waals surface area (Å²) in [5.41, 5.74) is 1.01. The van der Waals surface area contributed by atoms with Crippen molar-refractivity contribution < 1.29 is 14.6 Å². The Bertz CT molecular complexity index is 701. The highest BCUT2D eigenvalue weighted by molar-refractivity contribution is 5.88. The fraction of sp³-hybridized carbons (Fsp3) is 0.438. The van der Waals surface area contributed by atoms with E-state index in [1.807, 2.05) is 6.92 Å². The zero-order valence-electron chi connectivity index (χ0n) is 12.6. The largest absolute Gasteiger partial charge is 0.504 e. The molecule has 0 spiro atoms. The molecule has 2 rings (SSSR count). The molecule has 0 unspecified atom stereocenters. The Balaban J connectivity index is 2.47. The Hall–Kier alpha value is -2.01. The fourth-order valence-electron chi connectivity index (χ4n) is 2.53. The number of aromatic hydroxyl groups is 2. The highest BCUT2D eigenvalue weighted by atomic mass is 16.4. The van der Waals surface area contributed by atoms with Crippen LogP contribution >= 0.6 is 0 Å². The van der Waals surface area contributed by atoms with Gasteiger partial charge >= 0.3 is 5.63 Å². The molecular weight excluding hydrogens is 270 g/mol. The Kier molecular flexibility index (Phi) is 4.53. The molecule has 21 heavy (non-hydrogen) atoms. The molecular formula is C16H21NO4. The van der Waals surface area contributed by atoms with Crippen molar-refractivity contribution in [2.24, 2.45) is 0 Å². The van der Waals surface area contributed by atoms with E-state index in [0.717, 1.165) is 25.2 Å². The van der Waals surface area contributed by atoms with Crippen LogP contribution in [0.2, 0.25) is 0 Å². The Labute approximate surface area is 123 Å². The van der Waals surface area contributed by atoms with E-state index in [0.29, 0.717) is 17.4 Å². The average molecular weight is 291 g/mol. The van der Waals surface area contributed by atoms with E-state index in [1.165, 1.54) is 6.07 Å². The second-order valence-electron chi connectivity index (χ2n) is 5.08. The normalized spacial score (nSPS) is 11.4. The van der Waals surface area contributed by atoms with E-state index in [-0.39, 0.29) is 17.1 Å². The van der Waals surface area contributed by atoms with E-state index in [9.17, 15) is 15.0 Å². The Morgan fingerprint density at radius 1 is 1.19 bits per heavy atom. The zero-order chi connectivity index (χ0) is 15.6. The molecule has 0 fully saturated rings. The number of rotatable bonds is 5. The summed E-state index contributed by atoms with van der Waals surface area (Å²) in [7, 11) is 0. The van der Waals surface area contributed by atoms with Crippen molar-refractivity contribution in [3.05, 3.63) is 33.7 Å². The smallest absolute Gasteiger partial charge is 0.339 e. The van der Waals surface area contributed by atoms with E-state index in [4.69, 9.17) is 4.42 Å². The second kappa shape index (κ2) is 6.18. The van der Waals surface area contributed by atoms with Crippen LogP contribution in [0.4, 0.5) is 0 Å². The van der Waals surface area contributed by atoms with Crippen LogP contribution in [0.15, 0.2) is 21.3 Å². The van der Waals surface area contributed by atoms with Crippen LogP contribution in [-0.4, -0.2) is 34.7 Å². The van der Waals surface area contributed by atoms with Gasteiger partial charge in [-0.15, -0.1) is 0 Å². The van der Waals surface area contributed by atoms with E-state index in [1.54, 1.807) is 6.07 Å². The maximum Gasteiger partial charge on any atom is 0.339 e. The highest BCUT2D eigenvalue weighted by Crippen LogP contribution is 2.34. The first kappa shape index (κ1) is 15.4. The minimum atomic E-state index is -0.451. The molecule has 1 aromatic heterocycles.